The summed E-state index contributed by atoms with van der Waals surface area (Å²) in [5.41, 5.74) is 0. The fourth-order valence-corrected chi connectivity index (χ4v) is 8.42. The number of hydrogen-bond acceptors (Lipinski definition) is 11. The molecule has 12 nitrogen and oxygen atoms in total. The van der Waals surface area contributed by atoms with Gasteiger partial charge in [0.2, 0.25) is 0 Å². The summed E-state index contributed by atoms with van der Waals surface area (Å²) in [4.78, 5) is 25.4. The smallest absolute Gasteiger partial charge is 0.306 e. The van der Waals surface area contributed by atoms with Crippen molar-refractivity contribution in [3.05, 3.63) is 12.2 Å². The fourth-order valence-electron chi connectivity index (χ4n) is 7.73. The van der Waals surface area contributed by atoms with E-state index in [4.69, 9.17) is 18.9 Å². The Labute approximate surface area is 371 Å². The van der Waals surface area contributed by atoms with E-state index in [0.717, 1.165) is 57.8 Å². The monoisotopic (exact) mass is 891 g/mol. The zero-order chi connectivity index (χ0) is 44.8. The summed E-state index contributed by atoms with van der Waals surface area (Å²) in [6, 6.07) is 0. The summed E-state index contributed by atoms with van der Waals surface area (Å²) in [7, 11) is -4.60. The van der Waals surface area contributed by atoms with E-state index in [1.54, 1.807) is 0 Å². The molecule has 1 saturated heterocycles. The fraction of sp³-hybridized carbons (Fsp3) is 0.917. The molecule has 1 aliphatic rings. The van der Waals surface area contributed by atoms with Gasteiger partial charge >= 0.3 is 11.9 Å². The summed E-state index contributed by atoms with van der Waals surface area (Å²) in [5, 5.41) is 30.9. The molecule has 0 aromatic rings. The van der Waals surface area contributed by atoms with Gasteiger partial charge in [-0.1, -0.05) is 187 Å². The number of aliphatic hydroxyl groups is 3. The second-order valence-corrected chi connectivity index (χ2v) is 19.0. The van der Waals surface area contributed by atoms with Crippen LogP contribution in [0.5, 0.6) is 0 Å². The molecule has 0 aliphatic carbocycles. The number of ether oxygens (including phenoxy) is 4. The molecule has 0 bridgehead atoms. The molecule has 13 heteroatoms. The Morgan fingerprint density at radius 1 is 0.541 bits per heavy atom. The van der Waals surface area contributed by atoms with E-state index in [1.807, 2.05) is 0 Å². The highest BCUT2D eigenvalue weighted by Crippen LogP contribution is 2.24. The Bertz CT molecular complexity index is 1180. The van der Waals surface area contributed by atoms with Crippen LogP contribution in [-0.2, 0) is 38.7 Å². The minimum atomic E-state index is -4.60. The van der Waals surface area contributed by atoms with Gasteiger partial charge in [0, 0.05) is 12.8 Å². The lowest BCUT2D eigenvalue weighted by Crippen LogP contribution is -2.60. The van der Waals surface area contributed by atoms with Crippen LogP contribution in [0.1, 0.15) is 226 Å². The first kappa shape index (κ1) is 57.4. The van der Waals surface area contributed by atoms with Crippen molar-refractivity contribution in [2.24, 2.45) is 0 Å². The molecule has 0 amide bonds. The van der Waals surface area contributed by atoms with Crippen LogP contribution in [-0.4, -0.2) is 96.0 Å². The van der Waals surface area contributed by atoms with Gasteiger partial charge in [-0.2, -0.15) is 8.42 Å². The summed E-state index contributed by atoms with van der Waals surface area (Å²) in [5.74, 6) is -1.98. The van der Waals surface area contributed by atoms with Gasteiger partial charge in [0.25, 0.3) is 10.1 Å². The Hall–Kier alpha value is -1.61. The third-order valence-corrected chi connectivity index (χ3v) is 12.3. The minimum absolute atomic E-state index is 0.158. The Morgan fingerprint density at radius 3 is 1.39 bits per heavy atom. The SMILES string of the molecule is CCCCC/C=C\CCCCCCCC(=O)OC(COC(=O)CCCCCCCCCCCCCCCCCCCCCCC)COC1OC(CS(=O)(=O)O)C(O)C(O)C1O. The molecule has 0 aromatic heterocycles. The minimum Gasteiger partial charge on any atom is -0.462 e. The van der Waals surface area contributed by atoms with Crippen LogP contribution in [0, 0.1) is 0 Å². The van der Waals surface area contributed by atoms with Crippen LogP contribution in [0.4, 0.5) is 0 Å². The maximum atomic E-state index is 12.8. The topological polar surface area (TPSA) is 186 Å². The molecule has 1 aliphatic heterocycles. The molecule has 1 rings (SSSR count). The normalized spacial score (nSPS) is 20.0. The second kappa shape index (κ2) is 38.8. The van der Waals surface area contributed by atoms with Crippen LogP contribution in [0.3, 0.4) is 0 Å². The molecule has 0 saturated carbocycles. The van der Waals surface area contributed by atoms with E-state index in [-0.39, 0.29) is 19.4 Å². The van der Waals surface area contributed by atoms with E-state index < -0.39 is 71.2 Å². The second-order valence-electron chi connectivity index (χ2n) is 17.5. The van der Waals surface area contributed by atoms with E-state index in [1.165, 1.54) is 128 Å². The number of allylic oxidation sites excluding steroid dienone is 2. The molecule has 1 fully saturated rings. The summed E-state index contributed by atoms with van der Waals surface area (Å²) < 4.78 is 54.1. The summed E-state index contributed by atoms with van der Waals surface area (Å²) in [6.45, 7) is 3.75. The Balaban J connectivity index is 2.34. The first-order chi connectivity index (χ1) is 29.5. The van der Waals surface area contributed by atoms with Gasteiger partial charge in [-0.05, 0) is 38.5 Å². The standard InChI is InChI=1S/C48H90O12S/c1-3-5-7-9-11-13-15-17-18-19-20-21-22-23-24-25-27-28-30-32-34-36-43(49)57-38-41(39-58-48-47(53)46(52)45(51)42(60-48)40-61(54,55)56)59-44(50)37-35-33-31-29-26-16-14-12-10-8-6-4-2/h12,14,41-42,45-48,51-53H,3-11,13,15-40H2,1-2H3,(H,54,55,56)/b14-12-. The number of carbonyl (C=O) groups is 2. The molecule has 1 heterocycles. The van der Waals surface area contributed by atoms with Gasteiger partial charge in [0.05, 0.1) is 6.61 Å². The molecule has 360 valence electrons. The number of rotatable bonds is 42. The molecule has 0 spiro atoms. The van der Waals surface area contributed by atoms with E-state index in [2.05, 4.69) is 26.0 Å². The zero-order valence-electron chi connectivity index (χ0n) is 38.5. The average Bonchev–Trinajstić information content (AvgIpc) is 3.22. The van der Waals surface area contributed by atoms with Gasteiger partial charge in [0.15, 0.2) is 12.4 Å². The molecular weight excluding hydrogens is 801 g/mol. The van der Waals surface area contributed by atoms with Crippen molar-refractivity contribution in [1.82, 2.24) is 0 Å². The van der Waals surface area contributed by atoms with E-state index in [9.17, 15) is 37.9 Å². The Morgan fingerprint density at radius 2 is 0.934 bits per heavy atom. The number of hydrogen-bond donors (Lipinski definition) is 4. The predicted molar refractivity (Wildman–Crippen MR) is 243 cm³/mol. The maximum Gasteiger partial charge on any atom is 0.306 e. The lowest BCUT2D eigenvalue weighted by Gasteiger charge is -2.40. The largest absolute Gasteiger partial charge is 0.462 e. The van der Waals surface area contributed by atoms with Crippen LogP contribution < -0.4 is 0 Å². The molecule has 61 heavy (non-hydrogen) atoms. The Kier molecular flexibility index (Phi) is 36.5. The third kappa shape index (κ3) is 33.6. The molecule has 4 N–H and O–H groups in total. The van der Waals surface area contributed by atoms with E-state index in [0.29, 0.717) is 12.8 Å². The highest BCUT2D eigenvalue weighted by molar-refractivity contribution is 7.85. The van der Waals surface area contributed by atoms with Crippen molar-refractivity contribution in [2.75, 3.05) is 19.0 Å². The van der Waals surface area contributed by atoms with Crippen molar-refractivity contribution in [3.8, 4) is 0 Å². The number of esters is 2. The highest BCUT2D eigenvalue weighted by atomic mass is 32.2. The molecule has 6 unspecified atom stereocenters. The first-order valence-corrected chi connectivity index (χ1v) is 26.4. The van der Waals surface area contributed by atoms with Crippen LogP contribution in [0.25, 0.3) is 0 Å². The van der Waals surface area contributed by atoms with Crippen LogP contribution in [0.2, 0.25) is 0 Å². The third-order valence-electron chi connectivity index (χ3n) is 11.6. The number of aliphatic hydroxyl groups excluding tert-OH is 3. The van der Waals surface area contributed by atoms with Gasteiger partial charge in [-0.3, -0.25) is 14.1 Å². The zero-order valence-corrected chi connectivity index (χ0v) is 39.4. The van der Waals surface area contributed by atoms with Crippen molar-refractivity contribution in [2.45, 2.75) is 263 Å². The summed E-state index contributed by atoms with van der Waals surface area (Å²) >= 11 is 0. The van der Waals surface area contributed by atoms with Crippen molar-refractivity contribution >= 4 is 22.1 Å². The molecule has 0 radical (unpaired) electrons. The van der Waals surface area contributed by atoms with Gasteiger partial charge in [0.1, 0.15) is 36.8 Å². The highest BCUT2D eigenvalue weighted by Gasteiger charge is 2.46. The van der Waals surface area contributed by atoms with E-state index >= 15 is 0 Å². The van der Waals surface area contributed by atoms with Gasteiger partial charge < -0.3 is 34.3 Å². The molecular formula is C48H90O12S. The number of carbonyl (C=O) groups excluding carboxylic acids is 2. The van der Waals surface area contributed by atoms with Crippen molar-refractivity contribution in [1.29, 1.82) is 0 Å². The molecule has 6 atom stereocenters. The number of unbranched alkanes of at least 4 members (excludes halogenated alkanes) is 28. The van der Waals surface area contributed by atoms with Crippen LogP contribution in [0.15, 0.2) is 12.2 Å². The lowest BCUT2D eigenvalue weighted by molar-refractivity contribution is -0.297. The predicted octanol–water partition coefficient (Wildman–Crippen LogP) is 10.6. The quantitative estimate of drug-likeness (QED) is 0.0197. The van der Waals surface area contributed by atoms with Crippen molar-refractivity contribution < 1.29 is 56.8 Å². The first-order valence-electron chi connectivity index (χ1n) is 24.7. The maximum absolute atomic E-state index is 12.8. The van der Waals surface area contributed by atoms with Gasteiger partial charge in [-0.15, -0.1) is 0 Å². The summed E-state index contributed by atoms with van der Waals surface area (Å²) in [6.07, 6.45) is 32.6. The average molecular weight is 891 g/mol. The van der Waals surface area contributed by atoms with Crippen molar-refractivity contribution in [3.63, 3.8) is 0 Å². The van der Waals surface area contributed by atoms with Gasteiger partial charge in [-0.25, -0.2) is 0 Å². The molecule has 0 aromatic carbocycles. The lowest BCUT2D eigenvalue weighted by atomic mass is 10.00. The van der Waals surface area contributed by atoms with Crippen LogP contribution >= 0.6 is 0 Å².